The Kier molecular flexibility index (Phi) is 4.86. The van der Waals surface area contributed by atoms with Gasteiger partial charge in [-0.1, -0.05) is 40.9 Å². The summed E-state index contributed by atoms with van der Waals surface area (Å²) >= 11 is 12.0. The van der Waals surface area contributed by atoms with Gasteiger partial charge >= 0.3 is 0 Å². The van der Waals surface area contributed by atoms with Gasteiger partial charge in [0.15, 0.2) is 0 Å². The lowest BCUT2D eigenvalue weighted by molar-refractivity contribution is 0.0925. The summed E-state index contributed by atoms with van der Waals surface area (Å²) in [5.74, 6) is -1.35. The minimum Gasteiger partial charge on any atom is -0.321 e. The van der Waals surface area contributed by atoms with E-state index in [0.717, 1.165) is 10.5 Å². The molecule has 1 N–H and O–H groups in total. The lowest BCUT2D eigenvalue weighted by Gasteiger charge is -2.13. The molecular weight excluding hydrogens is 411 g/mol. The zero-order valence-electron chi connectivity index (χ0n) is 15.2. The number of nitrogens with zero attached hydrogens (tertiary/aromatic N) is 1. The van der Waals surface area contributed by atoms with Crippen molar-refractivity contribution in [2.45, 2.75) is 6.92 Å². The minimum absolute atomic E-state index is 0.181. The highest BCUT2D eigenvalue weighted by molar-refractivity contribution is 6.36. The average Bonchev–Trinajstić information content (AvgIpc) is 2.95. The van der Waals surface area contributed by atoms with Crippen LogP contribution in [0, 0.1) is 6.92 Å². The number of benzene rings is 3. The maximum Gasteiger partial charge on any atom is 0.266 e. The van der Waals surface area contributed by atoms with E-state index in [1.165, 1.54) is 24.3 Å². The largest absolute Gasteiger partial charge is 0.321 e. The molecule has 1 aliphatic rings. The number of carbonyl (C=O) groups is 3. The molecule has 1 aliphatic heterocycles. The summed E-state index contributed by atoms with van der Waals surface area (Å²) in [6.07, 6.45) is 0. The number of hydrogen-bond acceptors (Lipinski definition) is 3. The molecule has 0 atom stereocenters. The lowest BCUT2D eigenvalue weighted by Crippen LogP contribution is -2.29. The topological polar surface area (TPSA) is 66.5 Å². The normalized spacial score (nSPS) is 12.9. The van der Waals surface area contributed by atoms with Gasteiger partial charge in [-0.05, 0) is 55.5 Å². The van der Waals surface area contributed by atoms with Gasteiger partial charge in [0.2, 0.25) is 0 Å². The van der Waals surface area contributed by atoms with Crippen molar-refractivity contribution in [2.75, 3.05) is 10.2 Å². The van der Waals surface area contributed by atoms with Gasteiger partial charge in [-0.25, -0.2) is 4.90 Å². The quantitative estimate of drug-likeness (QED) is 0.575. The Hall–Kier alpha value is -3.15. The van der Waals surface area contributed by atoms with E-state index in [0.29, 0.717) is 21.4 Å². The van der Waals surface area contributed by atoms with Gasteiger partial charge in [0.25, 0.3) is 17.7 Å². The molecule has 0 fully saturated rings. The molecule has 3 aromatic carbocycles. The van der Waals surface area contributed by atoms with Crippen molar-refractivity contribution >= 4 is 52.3 Å². The van der Waals surface area contributed by atoms with Crippen LogP contribution in [0.15, 0.2) is 60.7 Å². The Labute approximate surface area is 176 Å². The smallest absolute Gasteiger partial charge is 0.266 e. The molecule has 1 heterocycles. The number of hydrogen-bond donors (Lipinski definition) is 1. The second-order valence-electron chi connectivity index (χ2n) is 6.62. The standard InChI is InChI=1S/C22H14Cl2N2O3/c1-12-2-6-15(7-3-12)26-21(28)16-8-4-13(10-17(16)22(26)29)20(27)25-19-11-14(23)5-9-18(19)24/h2-11H,1H3,(H,25,27). The summed E-state index contributed by atoms with van der Waals surface area (Å²) in [6.45, 7) is 1.92. The maximum atomic E-state index is 12.9. The summed E-state index contributed by atoms with van der Waals surface area (Å²) in [7, 11) is 0. The van der Waals surface area contributed by atoms with Gasteiger partial charge in [0.1, 0.15) is 0 Å². The van der Waals surface area contributed by atoms with Crippen molar-refractivity contribution in [1.29, 1.82) is 0 Å². The van der Waals surface area contributed by atoms with Crippen LogP contribution in [0.3, 0.4) is 0 Å². The summed E-state index contributed by atoms with van der Waals surface area (Å²) in [5, 5.41) is 3.43. The number of nitrogens with one attached hydrogen (secondary N) is 1. The van der Waals surface area contributed by atoms with Crippen molar-refractivity contribution in [3.8, 4) is 0 Å². The summed E-state index contributed by atoms with van der Waals surface area (Å²) < 4.78 is 0. The van der Waals surface area contributed by atoms with Crippen LogP contribution in [-0.4, -0.2) is 17.7 Å². The molecule has 0 saturated carbocycles. The van der Waals surface area contributed by atoms with E-state index in [1.54, 1.807) is 24.3 Å². The van der Waals surface area contributed by atoms with E-state index in [1.807, 2.05) is 19.1 Å². The molecule has 0 spiro atoms. The Morgan fingerprint density at radius 1 is 0.862 bits per heavy atom. The van der Waals surface area contributed by atoms with Crippen LogP contribution in [-0.2, 0) is 0 Å². The summed E-state index contributed by atoms with van der Waals surface area (Å²) in [5.41, 5.74) is 2.52. The highest BCUT2D eigenvalue weighted by Crippen LogP contribution is 2.30. The zero-order valence-corrected chi connectivity index (χ0v) is 16.7. The van der Waals surface area contributed by atoms with E-state index in [9.17, 15) is 14.4 Å². The molecule has 0 unspecified atom stereocenters. The SMILES string of the molecule is Cc1ccc(N2C(=O)c3ccc(C(=O)Nc4cc(Cl)ccc4Cl)cc3C2=O)cc1. The summed E-state index contributed by atoms with van der Waals surface area (Å²) in [4.78, 5) is 39.3. The zero-order chi connectivity index (χ0) is 20.7. The molecule has 144 valence electrons. The number of amides is 3. The fourth-order valence-corrected chi connectivity index (χ4v) is 3.44. The van der Waals surface area contributed by atoms with Crippen molar-refractivity contribution in [2.24, 2.45) is 0 Å². The number of imide groups is 1. The Morgan fingerprint density at radius 3 is 2.28 bits per heavy atom. The highest BCUT2D eigenvalue weighted by atomic mass is 35.5. The first-order valence-corrected chi connectivity index (χ1v) is 9.46. The Balaban J connectivity index is 1.64. The third-order valence-corrected chi connectivity index (χ3v) is 5.18. The predicted octanol–water partition coefficient (Wildman–Crippen LogP) is 5.35. The summed E-state index contributed by atoms with van der Waals surface area (Å²) in [6, 6.07) is 16.2. The van der Waals surface area contributed by atoms with E-state index in [2.05, 4.69) is 5.32 Å². The van der Waals surface area contributed by atoms with Crippen molar-refractivity contribution in [1.82, 2.24) is 0 Å². The van der Waals surface area contributed by atoms with Crippen LogP contribution in [0.2, 0.25) is 10.0 Å². The van der Waals surface area contributed by atoms with Gasteiger partial charge < -0.3 is 5.32 Å². The molecule has 0 saturated heterocycles. The molecule has 3 amide bonds. The molecule has 4 rings (SSSR count). The van der Waals surface area contributed by atoms with Crippen molar-refractivity contribution < 1.29 is 14.4 Å². The first-order chi connectivity index (χ1) is 13.8. The molecule has 5 nitrogen and oxygen atoms in total. The van der Waals surface area contributed by atoms with Gasteiger partial charge in [0, 0.05) is 10.6 Å². The molecule has 0 aromatic heterocycles. The predicted molar refractivity (Wildman–Crippen MR) is 113 cm³/mol. The molecule has 0 bridgehead atoms. The second-order valence-corrected chi connectivity index (χ2v) is 7.46. The van der Waals surface area contributed by atoms with Crippen LogP contribution in [0.5, 0.6) is 0 Å². The molecule has 29 heavy (non-hydrogen) atoms. The number of halogens is 2. The minimum atomic E-state index is -0.468. The fourth-order valence-electron chi connectivity index (χ4n) is 3.10. The maximum absolute atomic E-state index is 12.9. The van der Waals surface area contributed by atoms with Crippen LogP contribution in [0.4, 0.5) is 11.4 Å². The van der Waals surface area contributed by atoms with Crippen LogP contribution in [0.1, 0.15) is 36.6 Å². The van der Waals surface area contributed by atoms with Gasteiger partial charge in [-0.3, -0.25) is 14.4 Å². The average molecular weight is 425 g/mol. The number of rotatable bonds is 3. The van der Waals surface area contributed by atoms with Crippen LogP contribution in [0.25, 0.3) is 0 Å². The Morgan fingerprint density at radius 2 is 1.55 bits per heavy atom. The van der Waals surface area contributed by atoms with E-state index >= 15 is 0 Å². The molecule has 0 radical (unpaired) electrons. The van der Waals surface area contributed by atoms with Gasteiger partial charge in [-0.2, -0.15) is 0 Å². The lowest BCUT2D eigenvalue weighted by atomic mass is 10.1. The first-order valence-electron chi connectivity index (χ1n) is 8.71. The highest BCUT2D eigenvalue weighted by Gasteiger charge is 2.37. The van der Waals surface area contributed by atoms with E-state index in [-0.39, 0.29) is 16.7 Å². The number of anilines is 2. The third-order valence-electron chi connectivity index (χ3n) is 4.62. The van der Waals surface area contributed by atoms with Gasteiger partial charge in [-0.15, -0.1) is 0 Å². The number of carbonyl (C=O) groups excluding carboxylic acids is 3. The van der Waals surface area contributed by atoms with E-state index < -0.39 is 17.7 Å². The van der Waals surface area contributed by atoms with Gasteiger partial charge in [0.05, 0.1) is 27.5 Å². The van der Waals surface area contributed by atoms with E-state index in [4.69, 9.17) is 23.2 Å². The van der Waals surface area contributed by atoms with Crippen LogP contribution >= 0.6 is 23.2 Å². The monoisotopic (exact) mass is 424 g/mol. The molecular formula is C22H14Cl2N2O3. The van der Waals surface area contributed by atoms with Crippen molar-refractivity contribution in [3.63, 3.8) is 0 Å². The third kappa shape index (κ3) is 3.50. The molecule has 7 heteroatoms. The number of fused-ring (bicyclic) bond motifs is 1. The fraction of sp³-hybridized carbons (Fsp3) is 0.0455. The van der Waals surface area contributed by atoms with Crippen molar-refractivity contribution in [3.05, 3.63) is 93.0 Å². The Bertz CT molecular complexity index is 1170. The number of aryl methyl sites for hydroxylation is 1. The first kappa shape index (κ1) is 19.2. The molecule has 0 aliphatic carbocycles. The molecule has 3 aromatic rings. The van der Waals surface area contributed by atoms with Crippen LogP contribution < -0.4 is 10.2 Å². The second kappa shape index (κ2) is 7.35.